The molecule has 0 unspecified atom stereocenters. The molecule has 0 amide bonds. The summed E-state index contributed by atoms with van der Waals surface area (Å²) in [5.74, 6) is -1.63. The third-order valence-corrected chi connectivity index (χ3v) is 9.43. The molecule has 0 aromatic heterocycles. The van der Waals surface area contributed by atoms with Crippen LogP contribution in [0.2, 0.25) is 0 Å². The summed E-state index contributed by atoms with van der Waals surface area (Å²) in [6.45, 7) is 17.1. The van der Waals surface area contributed by atoms with Crippen molar-refractivity contribution in [1.29, 1.82) is 0 Å². The molecule has 2 aromatic rings. The van der Waals surface area contributed by atoms with Gasteiger partial charge >= 0.3 is 11.9 Å². The smallest absolute Gasteiger partial charge is 0.338 e. The number of hydrogen-bond donors (Lipinski definition) is 0. The number of esters is 2. The Hall–Kier alpha value is -3.04. The van der Waals surface area contributed by atoms with Crippen LogP contribution in [-0.4, -0.2) is 62.2 Å². The van der Waals surface area contributed by atoms with E-state index in [1.54, 1.807) is 24.3 Å². The van der Waals surface area contributed by atoms with Crippen molar-refractivity contribution in [2.24, 2.45) is 0 Å². The number of benzene rings is 2. The van der Waals surface area contributed by atoms with Crippen LogP contribution in [0, 0.1) is 0 Å². The minimum Gasteiger partial charge on any atom is -0.459 e. The molecule has 1 aliphatic carbocycles. The molecule has 2 aliphatic heterocycles. The van der Waals surface area contributed by atoms with Gasteiger partial charge in [-0.15, -0.1) is 0 Å². The van der Waals surface area contributed by atoms with Crippen LogP contribution in [-0.2, 0) is 19.1 Å². The summed E-state index contributed by atoms with van der Waals surface area (Å²) in [7, 11) is 0. The lowest BCUT2D eigenvalue weighted by Gasteiger charge is -2.58. The van der Waals surface area contributed by atoms with Crippen LogP contribution in [0.5, 0.6) is 0 Å². The Bertz CT molecular complexity index is 1270. The van der Waals surface area contributed by atoms with E-state index in [-0.39, 0.29) is 24.1 Å². The van der Waals surface area contributed by atoms with Gasteiger partial charge in [-0.05, 0) is 98.6 Å². The summed E-state index contributed by atoms with van der Waals surface area (Å²) in [4.78, 5) is 40.1. The number of hydrogen-bond acceptors (Lipinski definition) is 8. The maximum absolute atomic E-state index is 13.0. The van der Waals surface area contributed by atoms with Gasteiger partial charge in [0, 0.05) is 54.3 Å². The number of rotatable bonds is 8. The number of carbonyl (C=O) groups is 2. The lowest BCUT2D eigenvalue weighted by molar-refractivity contribution is -0.458. The first kappa shape index (κ1) is 34.3. The first-order chi connectivity index (χ1) is 21.5. The molecule has 0 spiro atoms. The molecule has 5 rings (SSSR count). The highest BCUT2D eigenvalue weighted by Gasteiger charge is 2.55. The standard InChI is InChI=1S/C38H52N2O6/c1-34(2)24-30(43-32(41)28-18-12-9-13-19-28)25-35(3,4)39(34)45-38(22-16-11-17-23-38)46-40-36(5,6)26-31(27-37(40,7)8)44-33(42)29-20-14-10-15-21-29/h9-10,12-16,18-22,30-31H,11,17,23-27H2,1-8H3. The van der Waals surface area contributed by atoms with Gasteiger partial charge in [0.05, 0.1) is 11.1 Å². The molecule has 46 heavy (non-hydrogen) atoms. The zero-order valence-electron chi connectivity index (χ0n) is 28.9. The summed E-state index contributed by atoms with van der Waals surface area (Å²) in [5, 5.41) is 4.16. The highest BCUT2D eigenvalue weighted by Crippen LogP contribution is 2.47. The molecule has 0 N–H and O–H groups in total. The molecular formula is C38H52N2O6. The Morgan fingerprint density at radius 3 is 1.30 bits per heavy atom. The van der Waals surface area contributed by atoms with Gasteiger partial charge in [-0.2, -0.15) is 10.1 Å². The predicted molar refractivity (Wildman–Crippen MR) is 178 cm³/mol. The molecule has 8 heteroatoms. The van der Waals surface area contributed by atoms with Gasteiger partial charge in [0.25, 0.3) is 0 Å². The molecular weight excluding hydrogens is 580 g/mol. The van der Waals surface area contributed by atoms with Gasteiger partial charge in [0.15, 0.2) is 0 Å². The minimum absolute atomic E-state index is 0.258. The first-order valence-corrected chi connectivity index (χ1v) is 16.7. The maximum Gasteiger partial charge on any atom is 0.338 e. The largest absolute Gasteiger partial charge is 0.459 e. The second-order valence-corrected chi connectivity index (χ2v) is 15.7. The van der Waals surface area contributed by atoms with Crippen molar-refractivity contribution in [2.45, 2.75) is 140 Å². The molecule has 2 heterocycles. The first-order valence-electron chi connectivity index (χ1n) is 16.7. The van der Waals surface area contributed by atoms with Gasteiger partial charge in [-0.1, -0.05) is 42.5 Å². The van der Waals surface area contributed by atoms with E-state index in [2.05, 4.69) is 77.7 Å². The molecule has 0 atom stereocenters. The highest BCUT2D eigenvalue weighted by atomic mass is 16.9. The van der Waals surface area contributed by atoms with Crippen LogP contribution in [0.25, 0.3) is 0 Å². The van der Waals surface area contributed by atoms with E-state index in [9.17, 15) is 9.59 Å². The summed E-state index contributed by atoms with van der Waals surface area (Å²) in [6, 6.07) is 18.3. The lowest BCUT2D eigenvalue weighted by Crippen LogP contribution is -2.68. The number of allylic oxidation sites excluding steroid dienone is 1. The Labute approximate surface area is 274 Å². The normalized spacial score (nSPS) is 24.3. The zero-order valence-corrected chi connectivity index (χ0v) is 28.9. The average molecular weight is 633 g/mol. The predicted octanol–water partition coefficient (Wildman–Crippen LogP) is 8.04. The Morgan fingerprint density at radius 1 is 0.609 bits per heavy atom. The van der Waals surface area contributed by atoms with E-state index in [1.165, 1.54) is 0 Å². The number of ether oxygens (including phenoxy) is 2. The summed E-state index contributed by atoms with van der Waals surface area (Å²) >= 11 is 0. The van der Waals surface area contributed by atoms with E-state index in [0.29, 0.717) is 43.2 Å². The lowest BCUT2D eigenvalue weighted by atomic mass is 9.80. The van der Waals surface area contributed by atoms with Crippen molar-refractivity contribution in [3.8, 4) is 0 Å². The molecule has 0 saturated carbocycles. The van der Waals surface area contributed by atoms with Gasteiger partial charge in [-0.25, -0.2) is 9.59 Å². The second kappa shape index (κ2) is 12.9. The molecule has 0 radical (unpaired) electrons. The SMILES string of the molecule is CC1(C)CC(OC(=O)c2ccccc2)CC(C)(C)N1OC1(ON2C(C)(C)CC(OC(=O)c3ccccc3)CC2(C)C)C=CCCC1. The summed E-state index contributed by atoms with van der Waals surface area (Å²) in [6.07, 6.45) is 8.73. The zero-order chi connectivity index (χ0) is 33.4. The summed E-state index contributed by atoms with van der Waals surface area (Å²) in [5.41, 5.74) is -0.743. The van der Waals surface area contributed by atoms with Gasteiger partial charge in [0.1, 0.15) is 12.2 Å². The van der Waals surface area contributed by atoms with Crippen molar-refractivity contribution in [2.75, 3.05) is 0 Å². The number of hydroxylamine groups is 4. The van der Waals surface area contributed by atoms with Gasteiger partial charge in [-0.3, -0.25) is 9.68 Å². The van der Waals surface area contributed by atoms with Crippen LogP contribution in [0.1, 0.15) is 121 Å². The van der Waals surface area contributed by atoms with Gasteiger partial charge < -0.3 is 9.47 Å². The third kappa shape index (κ3) is 7.57. The van der Waals surface area contributed by atoms with Crippen LogP contribution < -0.4 is 0 Å². The minimum atomic E-state index is -1.03. The molecule has 3 aliphatic rings. The van der Waals surface area contributed by atoms with Crippen LogP contribution >= 0.6 is 0 Å². The number of piperidine rings is 2. The van der Waals surface area contributed by atoms with Gasteiger partial charge in [0.2, 0.25) is 5.79 Å². The quantitative estimate of drug-likeness (QED) is 0.164. The van der Waals surface area contributed by atoms with Crippen LogP contribution in [0.15, 0.2) is 72.8 Å². The van der Waals surface area contributed by atoms with E-state index < -0.39 is 27.9 Å². The monoisotopic (exact) mass is 632 g/mol. The fourth-order valence-corrected chi connectivity index (χ4v) is 7.88. The second-order valence-electron chi connectivity index (χ2n) is 15.7. The maximum atomic E-state index is 13.0. The molecule has 2 fully saturated rings. The van der Waals surface area contributed by atoms with Crippen molar-refractivity contribution >= 4 is 11.9 Å². The molecule has 2 saturated heterocycles. The summed E-state index contributed by atoms with van der Waals surface area (Å²) < 4.78 is 12.1. The van der Waals surface area contributed by atoms with E-state index >= 15 is 0 Å². The number of carbonyl (C=O) groups excluding carboxylic acids is 2. The Kier molecular flexibility index (Phi) is 9.60. The van der Waals surface area contributed by atoms with Crippen molar-refractivity contribution in [3.63, 3.8) is 0 Å². The van der Waals surface area contributed by atoms with E-state index in [0.717, 1.165) is 12.8 Å². The fourth-order valence-electron chi connectivity index (χ4n) is 7.88. The van der Waals surface area contributed by atoms with Crippen molar-refractivity contribution < 1.29 is 28.7 Å². The topological polar surface area (TPSA) is 77.5 Å². The van der Waals surface area contributed by atoms with Crippen molar-refractivity contribution in [3.05, 3.63) is 83.9 Å². The van der Waals surface area contributed by atoms with Crippen molar-refractivity contribution in [1.82, 2.24) is 10.1 Å². The average Bonchev–Trinajstić information content (AvgIpc) is 2.98. The fraction of sp³-hybridized carbons (Fsp3) is 0.579. The molecule has 8 nitrogen and oxygen atoms in total. The highest BCUT2D eigenvalue weighted by molar-refractivity contribution is 5.89. The van der Waals surface area contributed by atoms with E-state index in [1.807, 2.05) is 36.4 Å². The van der Waals surface area contributed by atoms with Crippen LogP contribution in [0.4, 0.5) is 0 Å². The number of nitrogens with zero attached hydrogens (tertiary/aromatic N) is 2. The van der Waals surface area contributed by atoms with Crippen LogP contribution in [0.3, 0.4) is 0 Å². The Balaban J connectivity index is 1.33. The molecule has 250 valence electrons. The Morgan fingerprint density at radius 2 is 0.978 bits per heavy atom. The van der Waals surface area contributed by atoms with E-state index in [4.69, 9.17) is 19.1 Å². The third-order valence-electron chi connectivity index (χ3n) is 9.43. The molecule has 2 aromatic carbocycles. The molecule has 0 bridgehead atoms.